The lowest BCUT2D eigenvalue weighted by molar-refractivity contribution is -0.132. The van der Waals surface area contributed by atoms with Gasteiger partial charge in [-0.25, -0.2) is 0 Å². The van der Waals surface area contributed by atoms with Crippen LogP contribution in [0, 0.1) is 5.41 Å². The molecule has 0 radical (unpaired) electrons. The number of Topliss-reactive ketones (excluding diaryl/α,β-unsaturated/α-hetero) is 1. The molecule has 0 aromatic heterocycles. The summed E-state index contributed by atoms with van der Waals surface area (Å²) >= 11 is 0. The van der Waals surface area contributed by atoms with Crippen molar-refractivity contribution in [3.8, 4) is 0 Å². The Bertz CT molecular complexity index is 133. The van der Waals surface area contributed by atoms with Crippen LogP contribution < -0.4 is 0 Å². The molecule has 0 N–H and O–H groups in total. The SMILES string of the molecule is O=C1CC2(CCCC2)C1. The minimum absolute atomic E-state index is 0.497. The normalized spacial score (nSPS) is 30.9. The molecule has 2 saturated carbocycles. The van der Waals surface area contributed by atoms with Crippen LogP contribution in [0.3, 0.4) is 0 Å². The van der Waals surface area contributed by atoms with Crippen molar-refractivity contribution in [2.45, 2.75) is 38.5 Å². The fourth-order valence-electron chi connectivity index (χ4n) is 2.26. The van der Waals surface area contributed by atoms with Crippen molar-refractivity contribution in [1.29, 1.82) is 0 Å². The fraction of sp³-hybridized carbons (Fsp3) is 0.875. The van der Waals surface area contributed by atoms with Crippen LogP contribution in [0.5, 0.6) is 0 Å². The van der Waals surface area contributed by atoms with Gasteiger partial charge >= 0.3 is 0 Å². The van der Waals surface area contributed by atoms with Gasteiger partial charge in [0.2, 0.25) is 0 Å². The highest BCUT2D eigenvalue weighted by Crippen LogP contribution is 2.50. The molecule has 0 unspecified atom stereocenters. The number of ketones is 1. The highest BCUT2D eigenvalue weighted by molar-refractivity contribution is 5.86. The summed E-state index contributed by atoms with van der Waals surface area (Å²) in [7, 11) is 0. The third-order valence-corrected chi connectivity index (χ3v) is 2.81. The van der Waals surface area contributed by atoms with Gasteiger partial charge < -0.3 is 0 Å². The maximum atomic E-state index is 10.7. The zero-order valence-electron chi connectivity index (χ0n) is 5.65. The van der Waals surface area contributed by atoms with E-state index in [1.54, 1.807) is 0 Å². The van der Waals surface area contributed by atoms with Crippen molar-refractivity contribution in [1.82, 2.24) is 0 Å². The van der Waals surface area contributed by atoms with Crippen molar-refractivity contribution in [3.63, 3.8) is 0 Å². The van der Waals surface area contributed by atoms with Crippen molar-refractivity contribution in [3.05, 3.63) is 0 Å². The Morgan fingerprint density at radius 1 is 1.11 bits per heavy atom. The van der Waals surface area contributed by atoms with E-state index in [-0.39, 0.29) is 0 Å². The molecule has 2 aliphatic carbocycles. The molecule has 50 valence electrons. The summed E-state index contributed by atoms with van der Waals surface area (Å²) in [6, 6.07) is 0. The first-order chi connectivity index (χ1) is 4.31. The van der Waals surface area contributed by atoms with E-state index in [1.807, 2.05) is 0 Å². The zero-order valence-corrected chi connectivity index (χ0v) is 5.65. The molecule has 9 heavy (non-hydrogen) atoms. The Kier molecular flexibility index (Phi) is 0.961. The van der Waals surface area contributed by atoms with Gasteiger partial charge in [0.1, 0.15) is 5.78 Å². The Balaban J connectivity index is 2.03. The van der Waals surface area contributed by atoms with Crippen LogP contribution in [0.1, 0.15) is 38.5 Å². The van der Waals surface area contributed by atoms with Crippen LogP contribution in [0.25, 0.3) is 0 Å². The summed E-state index contributed by atoms with van der Waals surface area (Å²) < 4.78 is 0. The van der Waals surface area contributed by atoms with Crippen LogP contribution in [0.2, 0.25) is 0 Å². The summed E-state index contributed by atoms with van der Waals surface area (Å²) in [5.41, 5.74) is 0.539. The minimum atomic E-state index is 0.497. The second-order valence-corrected chi connectivity index (χ2v) is 3.60. The van der Waals surface area contributed by atoms with Gasteiger partial charge in [0.25, 0.3) is 0 Å². The number of carbonyl (C=O) groups excluding carboxylic acids is 1. The van der Waals surface area contributed by atoms with E-state index in [4.69, 9.17) is 0 Å². The average Bonchev–Trinajstić information content (AvgIpc) is 2.12. The molecule has 0 aromatic rings. The minimum Gasteiger partial charge on any atom is -0.300 e. The Labute approximate surface area is 55.4 Å². The first-order valence-electron chi connectivity index (χ1n) is 3.83. The van der Waals surface area contributed by atoms with Gasteiger partial charge in [-0.05, 0) is 18.3 Å². The predicted octanol–water partition coefficient (Wildman–Crippen LogP) is 1.91. The smallest absolute Gasteiger partial charge is 0.134 e. The lowest BCUT2D eigenvalue weighted by Gasteiger charge is -2.36. The number of hydrogen-bond donors (Lipinski definition) is 0. The van der Waals surface area contributed by atoms with Crippen LogP contribution in [-0.2, 0) is 4.79 Å². The van der Waals surface area contributed by atoms with Crippen molar-refractivity contribution < 1.29 is 4.79 Å². The molecule has 0 aliphatic heterocycles. The second-order valence-electron chi connectivity index (χ2n) is 3.60. The van der Waals surface area contributed by atoms with E-state index in [2.05, 4.69) is 0 Å². The molecule has 0 atom stereocenters. The molecule has 0 heterocycles. The van der Waals surface area contributed by atoms with E-state index < -0.39 is 0 Å². The molecular formula is C8H12O. The number of carbonyl (C=O) groups is 1. The number of rotatable bonds is 0. The summed E-state index contributed by atoms with van der Waals surface area (Å²) in [5, 5.41) is 0. The molecule has 1 nitrogen and oxygen atoms in total. The molecule has 0 bridgehead atoms. The van der Waals surface area contributed by atoms with Gasteiger partial charge in [0, 0.05) is 12.8 Å². The first-order valence-corrected chi connectivity index (χ1v) is 3.83. The first kappa shape index (κ1) is 5.45. The average molecular weight is 124 g/mol. The quantitative estimate of drug-likeness (QED) is 0.482. The summed E-state index contributed by atoms with van der Waals surface area (Å²) in [4.78, 5) is 10.7. The Hall–Kier alpha value is -0.330. The molecule has 0 aromatic carbocycles. The van der Waals surface area contributed by atoms with E-state index >= 15 is 0 Å². The summed E-state index contributed by atoms with van der Waals surface area (Å²) in [6.07, 6.45) is 7.22. The van der Waals surface area contributed by atoms with Crippen LogP contribution >= 0.6 is 0 Å². The highest BCUT2D eigenvalue weighted by Gasteiger charge is 2.44. The lowest BCUT2D eigenvalue weighted by atomic mass is 9.67. The van der Waals surface area contributed by atoms with Crippen molar-refractivity contribution in [2.24, 2.45) is 5.41 Å². The van der Waals surface area contributed by atoms with E-state index in [0.29, 0.717) is 11.2 Å². The molecule has 0 saturated heterocycles. The lowest BCUT2D eigenvalue weighted by Crippen LogP contribution is -2.34. The van der Waals surface area contributed by atoms with Crippen LogP contribution in [0.4, 0.5) is 0 Å². The van der Waals surface area contributed by atoms with Crippen LogP contribution in [0.15, 0.2) is 0 Å². The molecule has 2 aliphatic rings. The predicted molar refractivity (Wildman–Crippen MR) is 35.1 cm³/mol. The third-order valence-electron chi connectivity index (χ3n) is 2.81. The monoisotopic (exact) mass is 124 g/mol. The largest absolute Gasteiger partial charge is 0.300 e. The molecule has 1 heteroatoms. The van der Waals surface area contributed by atoms with E-state index in [9.17, 15) is 4.79 Å². The van der Waals surface area contributed by atoms with Crippen LogP contribution in [-0.4, -0.2) is 5.78 Å². The molecular weight excluding hydrogens is 112 g/mol. The molecule has 2 fully saturated rings. The Morgan fingerprint density at radius 2 is 1.67 bits per heavy atom. The standard InChI is InChI=1S/C8H12O/c9-7-5-8(6-7)3-1-2-4-8/h1-6H2. The number of hydrogen-bond acceptors (Lipinski definition) is 1. The summed E-state index contributed by atoms with van der Waals surface area (Å²) in [6.45, 7) is 0. The van der Waals surface area contributed by atoms with E-state index in [0.717, 1.165) is 12.8 Å². The van der Waals surface area contributed by atoms with Gasteiger partial charge in [0.05, 0.1) is 0 Å². The summed E-state index contributed by atoms with van der Waals surface area (Å²) in [5.74, 6) is 0.497. The van der Waals surface area contributed by atoms with Gasteiger partial charge in [-0.15, -0.1) is 0 Å². The Morgan fingerprint density at radius 3 is 2.11 bits per heavy atom. The third kappa shape index (κ3) is 0.707. The fourth-order valence-corrected chi connectivity index (χ4v) is 2.26. The van der Waals surface area contributed by atoms with Crippen molar-refractivity contribution >= 4 is 5.78 Å². The highest BCUT2D eigenvalue weighted by atomic mass is 16.1. The zero-order chi connectivity index (χ0) is 6.32. The molecule has 2 rings (SSSR count). The second kappa shape index (κ2) is 1.59. The molecule has 1 spiro atoms. The van der Waals surface area contributed by atoms with Gasteiger partial charge in [-0.2, -0.15) is 0 Å². The van der Waals surface area contributed by atoms with E-state index in [1.165, 1.54) is 25.7 Å². The van der Waals surface area contributed by atoms with Gasteiger partial charge in [-0.3, -0.25) is 4.79 Å². The maximum Gasteiger partial charge on any atom is 0.134 e. The van der Waals surface area contributed by atoms with Crippen molar-refractivity contribution in [2.75, 3.05) is 0 Å². The maximum absolute atomic E-state index is 10.7. The van der Waals surface area contributed by atoms with Gasteiger partial charge in [0.15, 0.2) is 0 Å². The topological polar surface area (TPSA) is 17.1 Å². The van der Waals surface area contributed by atoms with Gasteiger partial charge in [-0.1, -0.05) is 12.8 Å². The molecule has 0 amide bonds.